The molecule has 1 unspecified atom stereocenters. The second-order valence-corrected chi connectivity index (χ2v) is 3.06. The zero-order valence-corrected chi connectivity index (χ0v) is 8.09. The predicted octanol–water partition coefficient (Wildman–Crippen LogP) is 1.41. The van der Waals surface area contributed by atoms with Crippen molar-refractivity contribution in [3.05, 3.63) is 0 Å². The van der Waals surface area contributed by atoms with Gasteiger partial charge in [-0.05, 0) is 5.92 Å². The van der Waals surface area contributed by atoms with Crippen molar-refractivity contribution in [1.82, 2.24) is 0 Å². The minimum absolute atomic E-state index is 0.0184. The van der Waals surface area contributed by atoms with Gasteiger partial charge in [-0.15, -0.1) is 0 Å². The van der Waals surface area contributed by atoms with Crippen molar-refractivity contribution in [3.8, 4) is 0 Å². The molecule has 0 aliphatic rings. The number of rotatable bonds is 4. The maximum absolute atomic E-state index is 11.3. The van der Waals surface area contributed by atoms with Crippen LogP contribution in [0.4, 0.5) is 0 Å². The van der Waals surface area contributed by atoms with Crippen LogP contribution >= 0.6 is 0 Å². The van der Waals surface area contributed by atoms with Crippen LogP contribution in [-0.2, 0) is 14.3 Å². The molecule has 0 aliphatic heterocycles. The quantitative estimate of drug-likeness (QED) is 0.475. The van der Waals surface area contributed by atoms with Gasteiger partial charge < -0.3 is 4.74 Å². The molecule has 3 nitrogen and oxygen atoms in total. The largest absolute Gasteiger partial charge is 0.468 e. The lowest BCUT2D eigenvalue weighted by Gasteiger charge is -2.15. The van der Waals surface area contributed by atoms with E-state index in [0.717, 1.165) is 0 Å². The summed E-state index contributed by atoms with van der Waals surface area (Å²) in [6.07, 6.45) is 0.387. The molecule has 0 N–H and O–H groups in total. The molecule has 0 rings (SSSR count). The van der Waals surface area contributed by atoms with Crippen molar-refractivity contribution < 1.29 is 14.3 Å². The van der Waals surface area contributed by atoms with E-state index < -0.39 is 11.9 Å². The second kappa shape index (κ2) is 4.91. The molecule has 0 radical (unpaired) electrons. The van der Waals surface area contributed by atoms with Gasteiger partial charge in [-0.1, -0.05) is 20.8 Å². The van der Waals surface area contributed by atoms with Gasteiger partial charge in [-0.3, -0.25) is 9.59 Å². The first-order valence-electron chi connectivity index (χ1n) is 4.15. The fraction of sp³-hybridized carbons (Fsp3) is 0.778. The third-order valence-electron chi connectivity index (χ3n) is 1.82. The van der Waals surface area contributed by atoms with Gasteiger partial charge in [0.1, 0.15) is 11.7 Å². The molecular weight excluding hydrogens is 156 g/mol. The minimum Gasteiger partial charge on any atom is -0.468 e. The minimum atomic E-state index is -0.583. The highest BCUT2D eigenvalue weighted by molar-refractivity contribution is 5.99. The zero-order valence-electron chi connectivity index (χ0n) is 8.09. The second-order valence-electron chi connectivity index (χ2n) is 3.06. The third-order valence-corrected chi connectivity index (χ3v) is 1.82. The molecule has 3 heteroatoms. The van der Waals surface area contributed by atoms with Gasteiger partial charge in [-0.25, -0.2) is 0 Å². The Morgan fingerprint density at radius 3 is 2.08 bits per heavy atom. The van der Waals surface area contributed by atoms with Crippen molar-refractivity contribution in [2.24, 2.45) is 11.8 Å². The summed E-state index contributed by atoms with van der Waals surface area (Å²) in [6, 6.07) is 0. The summed E-state index contributed by atoms with van der Waals surface area (Å²) in [4.78, 5) is 22.4. The topological polar surface area (TPSA) is 43.4 Å². The highest BCUT2D eigenvalue weighted by atomic mass is 16.5. The lowest BCUT2D eigenvalue weighted by atomic mass is 9.90. The number of hydrogen-bond acceptors (Lipinski definition) is 3. The van der Waals surface area contributed by atoms with Crippen LogP contribution in [0.2, 0.25) is 0 Å². The summed E-state index contributed by atoms with van der Waals surface area (Å²) >= 11 is 0. The monoisotopic (exact) mass is 172 g/mol. The average molecular weight is 172 g/mol. The Bertz CT molecular complexity index is 157. The standard InChI is InChI=1S/C9H16O3/c1-5-7(10)8(6(2)3)9(11)12-4/h6,8H,5H2,1-4H3. The number of methoxy groups -OCH3 is 1. The van der Waals surface area contributed by atoms with E-state index in [9.17, 15) is 9.59 Å². The lowest BCUT2D eigenvalue weighted by Crippen LogP contribution is -2.29. The summed E-state index contributed by atoms with van der Waals surface area (Å²) in [5, 5.41) is 0. The van der Waals surface area contributed by atoms with Crippen LogP contribution in [0, 0.1) is 11.8 Å². The molecule has 0 amide bonds. The summed E-state index contributed by atoms with van der Waals surface area (Å²) in [7, 11) is 1.31. The van der Waals surface area contributed by atoms with Crippen molar-refractivity contribution in [1.29, 1.82) is 0 Å². The van der Waals surface area contributed by atoms with Gasteiger partial charge in [-0.2, -0.15) is 0 Å². The fourth-order valence-corrected chi connectivity index (χ4v) is 1.12. The number of ether oxygens (including phenoxy) is 1. The molecule has 0 saturated heterocycles. The molecule has 0 heterocycles. The molecule has 0 bridgehead atoms. The number of esters is 1. The van der Waals surface area contributed by atoms with E-state index in [1.807, 2.05) is 13.8 Å². The molecule has 12 heavy (non-hydrogen) atoms. The van der Waals surface area contributed by atoms with E-state index in [1.54, 1.807) is 6.92 Å². The molecule has 0 aromatic rings. The van der Waals surface area contributed by atoms with Gasteiger partial charge in [0.05, 0.1) is 7.11 Å². The third kappa shape index (κ3) is 2.64. The SMILES string of the molecule is CCC(=O)C(C(=O)OC)C(C)C. The summed E-state index contributed by atoms with van der Waals surface area (Å²) in [6.45, 7) is 5.44. The van der Waals surface area contributed by atoms with E-state index in [4.69, 9.17) is 0 Å². The molecule has 70 valence electrons. The average Bonchev–Trinajstić information content (AvgIpc) is 2.03. The van der Waals surface area contributed by atoms with Crippen molar-refractivity contribution in [3.63, 3.8) is 0 Å². The fourth-order valence-electron chi connectivity index (χ4n) is 1.12. The van der Waals surface area contributed by atoms with Crippen LogP contribution in [-0.4, -0.2) is 18.9 Å². The highest BCUT2D eigenvalue weighted by Crippen LogP contribution is 2.15. The van der Waals surface area contributed by atoms with Crippen LogP contribution in [0.15, 0.2) is 0 Å². The number of carbonyl (C=O) groups is 2. The maximum atomic E-state index is 11.3. The summed E-state index contributed by atoms with van der Waals surface area (Å²) < 4.78 is 4.54. The molecule has 0 spiro atoms. The molecular formula is C9H16O3. The Kier molecular flexibility index (Phi) is 4.55. The van der Waals surface area contributed by atoms with Gasteiger partial charge in [0.2, 0.25) is 0 Å². The normalized spacial score (nSPS) is 12.8. The number of carbonyl (C=O) groups excluding carboxylic acids is 2. The van der Waals surface area contributed by atoms with E-state index in [2.05, 4.69) is 4.74 Å². The van der Waals surface area contributed by atoms with Crippen molar-refractivity contribution >= 4 is 11.8 Å². The molecule has 0 fully saturated rings. The van der Waals surface area contributed by atoms with Crippen molar-refractivity contribution in [2.75, 3.05) is 7.11 Å². The van der Waals surface area contributed by atoms with Crippen LogP contribution in [0.5, 0.6) is 0 Å². The molecule has 0 aliphatic carbocycles. The molecule has 1 atom stereocenters. The highest BCUT2D eigenvalue weighted by Gasteiger charge is 2.28. The van der Waals surface area contributed by atoms with Crippen LogP contribution in [0.25, 0.3) is 0 Å². The summed E-state index contributed by atoms with van der Waals surface area (Å²) in [5.74, 6) is -1.03. The van der Waals surface area contributed by atoms with Crippen molar-refractivity contribution in [2.45, 2.75) is 27.2 Å². The number of Topliss-reactive ketones (excluding diaryl/α,β-unsaturated/α-hetero) is 1. The smallest absolute Gasteiger partial charge is 0.316 e. The van der Waals surface area contributed by atoms with Gasteiger partial charge >= 0.3 is 5.97 Å². The van der Waals surface area contributed by atoms with E-state index >= 15 is 0 Å². The Hall–Kier alpha value is -0.860. The Labute approximate surface area is 73.1 Å². The Morgan fingerprint density at radius 2 is 1.83 bits per heavy atom. The molecule has 0 aromatic heterocycles. The maximum Gasteiger partial charge on any atom is 0.316 e. The van der Waals surface area contributed by atoms with E-state index in [0.29, 0.717) is 6.42 Å². The van der Waals surface area contributed by atoms with Gasteiger partial charge in [0.25, 0.3) is 0 Å². The summed E-state index contributed by atoms with van der Waals surface area (Å²) in [5.41, 5.74) is 0. The first-order valence-corrected chi connectivity index (χ1v) is 4.15. The number of hydrogen-bond donors (Lipinski definition) is 0. The van der Waals surface area contributed by atoms with Gasteiger partial charge in [0.15, 0.2) is 0 Å². The zero-order chi connectivity index (χ0) is 9.72. The van der Waals surface area contributed by atoms with Crippen LogP contribution in [0.3, 0.4) is 0 Å². The first-order chi connectivity index (χ1) is 5.54. The van der Waals surface area contributed by atoms with E-state index in [-0.39, 0.29) is 11.7 Å². The van der Waals surface area contributed by atoms with Crippen LogP contribution < -0.4 is 0 Å². The lowest BCUT2D eigenvalue weighted by molar-refractivity contribution is -0.151. The molecule has 0 aromatic carbocycles. The Balaban J connectivity index is 4.43. The van der Waals surface area contributed by atoms with Gasteiger partial charge in [0, 0.05) is 6.42 Å². The van der Waals surface area contributed by atoms with Crippen LogP contribution in [0.1, 0.15) is 27.2 Å². The first kappa shape index (κ1) is 11.1. The van der Waals surface area contributed by atoms with E-state index in [1.165, 1.54) is 7.11 Å². The Morgan fingerprint density at radius 1 is 1.33 bits per heavy atom. The predicted molar refractivity (Wildman–Crippen MR) is 45.6 cm³/mol. The molecule has 0 saturated carbocycles. The number of ketones is 1.